The van der Waals surface area contributed by atoms with E-state index in [0.29, 0.717) is 0 Å². The van der Waals surface area contributed by atoms with Gasteiger partial charge in [0, 0.05) is 11.5 Å². The Balaban J connectivity index is 0.00000341. The predicted molar refractivity (Wildman–Crippen MR) is 119 cm³/mol. The molecule has 0 saturated heterocycles. The first-order valence-electron chi connectivity index (χ1n) is 10.4. The number of benzene rings is 3. The van der Waals surface area contributed by atoms with Gasteiger partial charge in [0.1, 0.15) is 23.2 Å². The summed E-state index contributed by atoms with van der Waals surface area (Å²) in [5, 5.41) is 13.9. The number of carbonyl (C=O) groups is 1. The summed E-state index contributed by atoms with van der Waals surface area (Å²) in [4.78, 5) is 11.1. The molecule has 3 aromatic carbocycles. The van der Waals surface area contributed by atoms with E-state index in [4.69, 9.17) is 5.48 Å². The Kier molecular flexibility index (Phi) is 6.17. The predicted octanol–water partition coefficient (Wildman–Crippen LogP) is 3.48. The zero-order valence-electron chi connectivity index (χ0n) is 18.7. The Morgan fingerprint density at radius 1 is 0.741 bits per heavy atom. The van der Waals surface area contributed by atoms with E-state index < -0.39 is 32.4 Å². The van der Waals surface area contributed by atoms with E-state index in [1.54, 1.807) is 0 Å². The lowest BCUT2D eigenvalue weighted by Gasteiger charge is -2.27. The Morgan fingerprint density at radius 3 is 1.44 bits per heavy atom. The van der Waals surface area contributed by atoms with Crippen LogP contribution in [-0.4, -0.2) is 12.1 Å². The summed E-state index contributed by atoms with van der Waals surface area (Å²) >= 11 is 0. The molecule has 0 aromatic heterocycles. The molecule has 0 unspecified atom stereocenters. The van der Waals surface area contributed by atoms with Gasteiger partial charge in [-0.15, -0.1) is 17.0 Å². The molecular weight excluding hydrogens is 419 g/mol. The smallest absolute Gasteiger partial charge is 0.112 e. The minimum absolute atomic E-state index is 0. The van der Waals surface area contributed by atoms with Crippen LogP contribution in [0.4, 0.5) is 0 Å². The van der Waals surface area contributed by atoms with E-state index in [9.17, 15) is 9.90 Å². The highest BCUT2D eigenvalue weighted by Gasteiger charge is 2.44. The van der Waals surface area contributed by atoms with Crippen LogP contribution in [0.2, 0.25) is 0 Å². The quantitative estimate of drug-likeness (QED) is 0.497. The lowest BCUT2D eigenvalue weighted by molar-refractivity contribution is -0.305. The number of aliphatic carboxylic acids is 1. The van der Waals surface area contributed by atoms with Gasteiger partial charge in [-0.05, 0) is 55.6 Å². The minimum atomic E-state index is -2.64. The van der Waals surface area contributed by atoms with Crippen LogP contribution in [0.15, 0.2) is 91.0 Å². The van der Waals surface area contributed by atoms with Crippen molar-refractivity contribution in [2.24, 2.45) is 0 Å². The van der Waals surface area contributed by atoms with E-state index in [2.05, 4.69) is 0 Å². The van der Waals surface area contributed by atoms with Gasteiger partial charge in [-0.25, -0.2) is 0 Å². The van der Waals surface area contributed by atoms with Gasteiger partial charge < -0.3 is 9.90 Å². The lowest BCUT2D eigenvalue weighted by Crippen LogP contribution is -2.33. The molecular formula is C23H24BrO2P. The van der Waals surface area contributed by atoms with Crippen molar-refractivity contribution in [3.8, 4) is 0 Å². The van der Waals surface area contributed by atoms with Crippen molar-refractivity contribution in [2.75, 3.05) is 6.16 Å². The van der Waals surface area contributed by atoms with Gasteiger partial charge in [0.05, 0.1) is 6.16 Å². The van der Waals surface area contributed by atoms with Gasteiger partial charge in [0.25, 0.3) is 0 Å². The monoisotopic (exact) mass is 446 g/mol. The molecule has 0 N–H and O–H groups in total. The summed E-state index contributed by atoms with van der Waals surface area (Å²) in [7, 11) is -2.64. The highest BCUT2D eigenvalue weighted by atomic mass is 79.9. The average Bonchev–Trinajstić information content (AvgIpc) is 2.73. The fourth-order valence-electron chi connectivity index (χ4n) is 3.08. The molecule has 0 bridgehead atoms. The van der Waals surface area contributed by atoms with E-state index in [-0.39, 0.29) is 23.1 Å². The largest absolute Gasteiger partial charge is 0.550 e. The molecule has 0 fully saturated rings. The SMILES string of the molecule is Br.[2H]C([2H])(CC(=O)[O-])C([2H])([2H])C[P+](c1ccccc1)(c1ccccc1)c1ccccc1. The number of hydrogen-bond donors (Lipinski definition) is 0. The second kappa shape index (κ2) is 10.4. The van der Waals surface area contributed by atoms with Gasteiger partial charge in [-0.1, -0.05) is 54.6 Å². The Morgan fingerprint density at radius 2 is 1.11 bits per heavy atom. The summed E-state index contributed by atoms with van der Waals surface area (Å²) in [5.41, 5.74) is 0. The Bertz CT molecular complexity index is 890. The van der Waals surface area contributed by atoms with E-state index >= 15 is 0 Å². The number of carboxylic acids is 1. The number of hydrogen-bond acceptors (Lipinski definition) is 2. The van der Waals surface area contributed by atoms with Crippen LogP contribution in [0.3, 0.4) is 0 Å². The second-order valence-corrected chi connectivity index (χ2v) is 9.36. The molecule has 0 aliphatic rings. The molecule has 0 spiro atoms. The Hall–Kier alpha value is -1.96. The van der Waals surface area contributed by atoms with Gasteiger partial charge in [-0.3, -0.25) is 0 Å². The summed E-state index contributed by atoms with van der Waals surface area (Å²) in [5.74, 6) is -1.60. The normalized spacial score (nSPS) is 14.1. The number of carboxylic acid groups (broad SMARTS) is 1. The number of carbonyl (C=O) groups excluding carboxylic acids is 1. The topological polar surface area (TPSA) is 40.1 Å². The highest BCUT2D eigenvalue weighted by Crippen LogP contribution is 2.55. The third-order valence-electron chi connectivity index (χ3n) is 4.26. The van der Waals surface area contributed by atoms with Crippen LogP contribution in [-0.2, 0) is 4.79 Å². The van der Waals surface area contributed by atoms with Crippen LogP contribution >= 0.6 is 24.2 Å². The first-order chi connectivity index (χ1) is 14.2. The molecule has 2 nitrogen and oxygen atoms in total. The molecule has 0 heterocycles. The molecule has 4 heteroatoms. The molecule has 0 amide bonds. The lowest BCUT2D eigenvalue weighted by atomic mass is 10.2. The molecule has 3 rings (SSSR count). The van der Waals surface area contributed by atoms with Gasteiger partial charge in [0.15, 0.2) is 0 Å². The minimum Gasteiger partial charge on any atom is -0.550 e. The van der Waals surface area contributed by atoms with E-state index in [1.807, 2.05) is 91.0 Å². The zero-order chi connectivity index (χ0) is 21.8. The Labute approximate surface area is 178 Å². The standard InChI is InChI=1S/C23H23O2P.BrH/c24-23(25)18-10-11-19-26(20-12-4-1-5-13-20,21-14-6-2-7-15-21)22-16-8-3-9-17-22;/h1-9,12-17H,10-11,18-19H2;1H/i10D2,11D2;. The van der Waals surface area contributed by atoms with Gasteiger partial charge >= 0.3 is 0 Å². The van der Waals surface area contributed by atoms with E-state index in [0.717, 1.165) is 15.9 Å². The van der Waals surface area contributed by atoms with Gasteiger partial charge in [0.2, 0.25) is 0 Å². The van der Waals surface area contributed by atoms with Crippen LogP contribution in [0.5, 0.6) is 0 Å². The first kappa shape index (κ1) is 16.0. The van der Waals surface area contributed by atoms with Gasteiger partial charge in [-0.2, -0.15) is 0 Å². The maximum Gasteiger partial charge on any atom is 0.112 e. The summed E-state index contributed by atoms with van der Waals surface area (Å²) in [6, 6.07) is 28.7. The maximum atomic E-state index is 11.1. The first-order valence-corrected chi connectivity index (χ1v) is 10.4. The number of halogens is 1. The van der Waals surface area contributed by atoms with Crippen molar-refractivity contribution in [3.63, 3.8) is 0 Å². The maximum absolute atomic E-state index is 11.1. The summed E-state index contributed by atoms with van der Waals surface area (Å²) in [6.07, 6.45) is -6.17. The van der Waals surface area contributed by atoms with Crippen molar-refractivity contribution < 1.29 is 15.4 Å². The van der Waals surface area contributed by atoms with Crippen LogP contribution < -0.4 is 21.0 Å². The summed E-state index contributed by atoms with van der Waals surface area (Å²) < 4.78 is 33.7. The van der Waals surface area contributed by atoms with Crippen LogP contribution in [0.25, 0.3) is 0 Å². The molecule has 0 radical (unpaired) electrons. The molecule has 0 aliphatic heterocycles. The summed E-state index contributed by atoms with van der Waals surface area (Å²) in [6.45, 7) is 0. The second-order valence-electron chi connectivity index (χ2n) is 5.88. The zero-order valence-corrected chi connectivity index (χ0v) is 17.4. The van der Waals surface area contributed by atoms with Crippen molar-refractivity contribution in [1.29, 1.82) is 0 Å². The van der Waals surface area contributed by atoms with Crippen molar-refractivity contribution in [2.45, 2.75) is 19.2 Å². The van der Waals surface area contributed by atoms with E-state index in [1.165, 1.54) is 0 Å². The fraction of sp³-hybridized carbons (Fsp3) is 0.174. The molecule has 3 aromatic rings. The third-order valence-corrected chi connectivity index (χ3v) is 8.44. The molecule has 0 aliphatic carbocycles. The third kappa shape index (κ3) is 5.06. The van der Waals surface area contributed by atoms with Crippen molar-refractivity contribution in [3.05, 3.63) is 91.0 Å². The number of rotatable bonds is 8. The molecule has 0 atom stereocenters. The van der Waals surface area contributed by atoms with Crippen molar-refractivity contribution >= 4 is 46.1 Å². The fourth-order valence-corrected chi connectivity index (χ4v) is 6.91. The molecule has 27 heavy (non-hydrogen) atoms. The van der Waals surface area contributed by atoms with Crippen molar-refractivity contribution in [1.82, 2.24) is 0 Å². The van der Waals surface area contributed by atoms with Crippen LogP contribution in [0.1, 0.15) is 24.6 Å². The average molecular weight is 447 g/mol. The molecule has 0 saturated carbocycles. The highest BCUT2D eigenvalue weighted by molar-refractivity contribution is 8.93. The molecule has 140 valence electrons. The van der Waals surface area contributed by atoms with Crippen LogP contribution in [0, 0.1) is 0 Å².